The summed E-state index contributed by atoms with van der Waals surface area (Å²) in [7, 11) is 0. The van der Waals surface area contributed by atoms with Crippen molar-refractivity contribution in [2.24, 2.45) is 0 Å². The monoisotopic (exact) mass is 119 g/mol. The highest BCUT2D eigenvalue weighted by atomic mass is 19.1. The standard InChI is InChI=1S/C6H14FN/c1-3-8-5-4-6(2)7/h6,8H,3-5H2,1-2H3. The molecule has 50 valence electrons. The molecule has 0 fully saturated rings. The Balaban J connectivity index is 2.72. The average molecular weight is 119 g/mol. The molecule has 1 N–H and O–H groups in total. The Morgan fingerprint density at radius 2 is 2.25 bits per heavy atom. The highest BCUT2D eigenvalue weighted by molar-refractivity contribution is 4.49. The van der Waals surface area contributed by atoms with Gasteiger partial charge in [-0.2, -0.15) is 0 Å². The molecule has 8 heavy (non-hydrogen) atoms. The molecule has 0 radical (unpaired) electrons. The molecule has 0 spiro atoms. The van der Waals surface area contributed by atoms with Gasteiger partial charge in [0, 0.05) is 0 Å². The molecule has 1 atom stereocenters. The molecule has 0 heterocycles. The summed E-state index contributed by atoms with van der Waals surface area (Å²) in [5, 5.41) is 3.04. The number of hydrogen-bond donors (Lipinski definition) is 1. The number of halogens is 1. The fourth-order valence-corrected chi connectivity index (χ4v) is 0.478. The summed E-state index contributed by atoms with van der Waals surface area (Å²) in [6.45, 7) is 5.33. The molecule has 0 amide bonds. The van der Waals surface area contributed by atoms with Crippen molar-refractivity contribution >= 4 is 0 Å². The molecule has 0 rings (SSSR count). The summed E-state index contributed by atoms with van der Waals surface area (Å²) in [5.74, 6) is 0. The molecule has 0 aliphatic rings. The van der Waals surface area contributed by atoms with E-state index in [4.69, 9.17) is 0 Å². The van der Waals surface area contributed by atoms with E-state index in [1.54, 1.807) is 6.92 Å². The van der Waals surface area contributed by atoms with Gasteiger partial charge in [-0.15, -0.1) is 0 Å². The minimum Gasteiger partial charge on any atom is -0.317 e. The largest absolute Gasteiger partial charge is 0.317 e. The molecule has 0 bridgehead atoms. The summed E-state index contributed by atoms with van der Waals surface area (Å²) in [5.41, 5.74) is 0. The highest BCUT2D eigenvalue weighted by Crippen LogP contribution is 1.91. The second-order valence-corrected chi connectivity index (χ2v) is 1.92. The third kappa shape index (κ3) is 5.89. The molecule has 1 nitrogen and oxygen atoms in total. The fraction of sp³-hybridized carbons (Fsp3) is 1.00. The molecule has 0 aromatic heterocycles. The Bertz CT molecular complexity index is 45.8. The Hall–Kier alpha value is -0.110. The second kappa shape index (κ2) is 5.04. The number of hydrogen-bond acceptors (Lipinski definition) is 1. The van der Waals surface area contributed by atoms with Crippen LogP contribution >= 0.6 is 0 Å². The lowest BCUT2D eigenvalue weighted by molar-refractivity contribution is 0.337. The number of rotatable bonds is 4. The van der Waals surface area contributed by atoms with E-state index in [9.17, 15) is 4.39 Å². The van der Waals surface area contributed by atoms with Gasteiger partial charge in [0.1, 0.15) is 0 Å². The molecule has 0 aromatic carbocycles. The van der Waals surface area contributed by atoms with E-state index < -0.39 is 6.17 Å². The maximum atomic E-state index is 12.0. The summed E-state index contributed by atoms with van der Waals surface area (Å²) in [6, 6.07) is 0. The van der Waals surface area contributed by atoms with Crippen molar-refractivity contribution in [3.63, 3.8) is 0 Å². The minimum atomic E-state index is -0.658. The van der Waals surface area contributed by atoms with Gasteiger partial charge >= 0.3 is 0 Å². The van der Waals surface area contributed by atoms with Gasteiger partial charge in [-0.3, -0.25) is 0 Å². The van der Waals surface area contributed by atoms with Crippen molar-refractivity contribution in [2.75, 3.05) is 13.1 Å². The third-order valence-electron chi connectivity index (χ3n) is 0.969. The van der Waals surface area contributed by atoms with E-state index in [0.717, 1.165) is 13.1 Å². The maximum absolute atomic E-state index is 12.0. The average Bonchev–Trinajstić information content (AvgIpc) is 1.66. The van der Waals surface area contributed by atoms with Crippen LogP contribution in [0.3, 0.4) is 0 Å². The van der Waals surface area contributed by atoms with Crippen molar-refractivity contribution in [3.8, 4) is 0 Å². The molecule has 0 aromatic rings. The molecule has 1 unspecified atom stereocenters. The van der Waals surface area contributed by atoms with Crippen molar-refractivity contribution in [1.82, 2.24) is 5.32 Å². The first-order chi connectivity index (χ1) is 3.77. The van der Waals surface area contributed by atoms with Crippen molar-refractivity contribution in [3.05, 3.63) is 0 Å². The molecular weight excluding hydrogens is 105 g/mol. The third-order valence-corrected chi connectivity index (χ3v) is 0.969. The lowest BCUT2D eigenvalue weighted by atomic mass is 10.3. The Labute approximate surface area is 50.3 Å². The number of alkyl halides is 1. The lowest BCUT2D eigenvalue weighted by Crippen LogP contribution is -2.16. The van der Waals surface area contributed by atoms with E-state index in [1.807, 2.05) is 6.92 Å². The van der Waals surface area contributed by atoms with Gasteiger partial charge in [0.05, 0.1) is 6.17 Å². The van der Waals surface area contributed by atoms with Gasteiger partial charge in [-0.05, 0) is 26.4 Å². The van der Waals surface area contributed by atoms with Crippen LogP contribution in [-0.2, 0) is 0 Å². The summed E-state index contributed by atoms with van der Waals surface area (Å²) >= 11 is 0. The van der Waals surface area contributed by atoms with Crippen LogP contribution < -0.4 is 5.32 Å². The van der Waals surface area contributed by atoms with Crippen LogP contribution in [0.5, 0.6) is 0 Å². The first kappa shape index (κ1) is 7.89. The first-order valence-corrected chi connectivity index (χ1v) is 3.12. The SMILES string of the molecule is CCNCCC(C)F. The molecule has 0 saturated heterocycles. The predicted octanol–water partition coefficient (Wildman–Crippen LogP) is 1.34. The van der Waals surface area contributed by atoms with Crippen LogP contribution in [0, 0.1) is 0 Å². The van der Waals surface area contributed by atoms with E-state index in [1.165, 1.54) is 0 Å². The van der Waals surface area contributed by atoms with Gasteiger partial charge in [0.15, 0.2) is 0 Å². The molecule has 0 saturated carbocycles. The van der Waals surface area contributed by atoms with Crippen molar-refractivity contribution in [1.29, 1.82) is 0 Å². The highest BCUT2D eigenvalue weighted by Gasteiger charge is 1.93. The van der Waals surface area contributed by atoms with Gasteiger partial charge in [0.25, 0.3) is 0 Å². The maximum Gasteiger partial charge on any atom is 0.0985 e. The lowest BCUT2D eigenvalue weighted by Gasteiger charge is -2.00. The predicted molar refractivity (Wildman–Crippen MR) is 33.7 cm³/mol. The zero-order valence-electron chi connectivity index (χ0n) is 5.58. The van der Waals surface area contributed by atoms with E-state index in [2.05, 4.69) is 5.32 Å². The zero-order chi connectivity index (χ0) is 6.41. The van der Waals surface area contributed by atoms with Crippen LogP contribution in [0.25, 0.3) is 0 Å². The first-order valence-electron chi connectivity index (χ1n) is 3.12. The van der Waals surface area contributed by atoms with Crippen LogP contribution in [0.1, 0.15) is 20.3 Å². The number of nitrogens with one attached hydrogen (secondary N) is 1. The minimum absolute atomic E-state index is 0.633. The molecule has 0 aliphatic heterocycles. The van der Waals surface area contributed by atoms with Gasteiger partial charge in [-0.1, -0.05) is 6.92 Å². The Kier molecular flexibility index (Phi) is 4.97. The quantitative estimate of drug-likeness (QED) is 0.551. The molecule has 0 aliphatic carbocycles. The summed E-state index contributed by atoms with van der Waals surface area (Å²) in [6.07, 6.45) is -0.0255. The zero-order valence-corrected chi connectivity index (χ0v) is 5.58. The van der Waals surface area contributed by atoms with Crippen LogP contribution in [-0.4, -0.2) is 19.3 Å². The van der Waals surface area contributed by atoms with E-state index in [0.29, 0.717) is 6.42 Å². The van der Waals surface area contributed by atoms with E-state index in [-0.39, 0.29) is 0 Å². The van der Waals surface area contributed by atoms with E-state index >= 15 is 0 Å². The van der Waals surface area contributed by atoms with Crippen LogP contribution in [0.2, 0.25) is 0 Å². The molecular formula is C6H14FN. The van der Waals surface area contributed by atoms with Crippen molar-refractivity contribution < 1.29 is 4.39 Å². The molecule has 2 heteroatoms. The van der Waals surface area contributed by atoms with Gasteiger partial charge in [-0.25, -0.2) is 4.39 Å². The van der Waals surface area contributed by atoms with Crippen LogP contribution in [0.15, 0.2) is 0 Å². The Morgan fingerprint density at radius 3 is 2.62 bits per heavy atom. The normalized spacial score (nSPS) is 13.9. The Morgan fingerprint density at radius 1 is 1.62 bits per heavy atom. The van der Waals surface area contributed by atoms with Gasteiger partial charge in [0.2, 0.25) is 0 Å². The van der Waals surface area contributed by atoms with Gasteiger partial charge < -0.3 is 5.32 Å². The fourth-order valence-electron chi connectivity index (χ4n) is 0.478. The topological polar surface area (TPSA) is 12.0 Å². The smallest absolute Gasteiger partial charge is 0.0985 e. The van der Waals surface area contributed by atoms with Crippen molar-refractivity contribution in [2.45, 2.75) is 26.4 Å². The second-order valence-electron chi connectivity index (χ2n) is 1.92. The van der Waals surface area contributed by atoms with Crippen LogP contribution in [0.4, 0.5) is 4.39 Å². The summed E-state index contributed by atoms with van der Waals surface area (Å²) < 4.78 is 12.0. The summed E-state index contributed by atoms with van der Waals surface area (Å²) in [4.78, 5) is 0.